The van der Waals surface area contributed by atoms with Gasteiger partial charge < -0.3 is 9.88 Å². The maximum atomic E-state index is 12.8. The number of nitrogens with zero attached hydrogens (tertiary/aromatic N) is 1. The number of amides is 1. The first-order valence-corrected chi connectivity index (χ1v) is 8.52. The summed E-state index contributed by atoms with van der Waals surface area (Å²) >= 11 is 0. The minimum atomic E-state index is 0.167. The van der Waals surface area contributed by atoms with E-state index in [0.717, 1.165) is 54.4 Å². The van der Waals surface area contributed by atoms with Gasteiger partial charge in [0.25, 0.3) is 5.91 Å². The number of aryl methyl sites for hydroxylation is 3. The molecule has 0 aliphatic carbocycles. The number of carbonyl (C=O) groups is 1. The number of carbonyl (C=O) groups excluding carboxylic acids is 1. The molecule has 0 radical (unpaired) electrons. The van der Waals surface area contributed by atoms with E-state index in [4.69, 9.17) is 0 Å². The number of rotatable bonds is 2. The summed E-state index contributed by atoms with van der Waals surface area (Å²) in [5.74, 6) is 0.901. The van der Waals surface area contributed by atoms with E-state index in [1.54, 1.807) is 0 Å². The maximum Gasteiger partial charge on any atom is 0.255 e. The molecule has 1 fully saturated rings. The first-order chi connectivity index (χ1) is 11.0. The fourth-order valence-corrected chi connectivity index (χ4v) is 3.23. The zero-order valence-corrected chi connectivity index (χ0v) is 14.6. The van der Waals surface area contributed by atoms with Gasteiger partial charge >= 0.3 is 0 Å². The highest BCUT2D eigenvalue weighted by molar-refractivity contribution is 5.96. The Kier molecular flexibility index (Phi) is 4.29. The summed E-state index contributed by atoms with van der Waals surface area (Å²) in [5, 5.41) is 0. The molecule has 1 aromatic heterocycles. The van der Waals surface area contributed by atoms with Gasteiger partial charge in [0.1, 0.15) is 0 Å². The number of likely N-dealkylation sites (tertiary alicyclic amines) is 1. The molecule has 0 atom stereocenters. The minimum absolute atomic E-state index is 0.167. The lowest BCUT2D eigenvalue weighted by molar-refractivity contribution is 0.0696. The van der Waals surface area contributed by atoms with Crippen molar-refractivity contribution >= 4 is 5.91 Å². The topological polar surface area (TPSA) is 36.1 Å². The lowest BCUT2D eigenvalue weighted by Gasteiger charge is -2.30. The lowest BCUT2D eigenvalue weighted by Crippen LogP contribution is -2.38. The molecule has 2 aromatic rings. The van der Waals surface area contributed by atoms with Crippen molar-refractivity contribution in [1.29, 1.82) is 0 Å². The fourth-order valence-electron chi connectivity index (χ4n) is 3.23. The Morgan fingerprint density at radius 3 is 2.43 bits per heavy atom. The van der Waals surface area contributed by atoms with Crippen LogP contribution in [0.15, 0.2) is 24.3 Å². The second kappa shape index (κ2) is 6.23. The average molecular weight is 310 g/mol. The quantitative estimate of drug-likeness (QED) is 0.872. The van der Waals surface area contributed by atoms with Crippen LogP contribution in [-0.2, 0) is 0 Å². The van der Waals surface area contributed by atoms with E-state index in [1.165, 1.54) is 11.1 Å². The Hall–Kier alpha value is -2.03. The van der Waals surface area contributed by atoms with Gasteiger partial charge in [-0.2, -0.15) is 0 Å². The molecule has 1 amide bonds. The third-order valence-electron chi connectivity index (χ3n) is 5.13. The van der Waals surface area contributed by atoms with E-state index in [9.17, 15) is 4.79 Å². The predicted molar refractivity (Wildman–Crippen MR) is 94.7 cm³/mol. The number of piperidine rings is 1. The molecule has 1 aliphatic heterocycles. The van der Waals surface area contributed by atoms with E-state index in [0.29, 0.717) is 0 Å². The van der Waals surface area contributed by atoms with Crippen molar-refractivity contribution in [3.63, 3.8) is 0 Å². The Morgan fingerprint density at radius 2 is 1.78 bits per heavy atom. The van der Waals surface area contributed by atoms with E-state index in [-0.39, 0.29) is 5.91 Å². The molecular weight excluding hydrogens is 284 g/mol. The summed E-state index contributed by atoms with van der Waals surface area (Å²) in [7, 11) is 0. The Morgan fingerprint density at radius 1 is 1.09 bits per heavy atom. The summed E-state index contributed by atoms with van der Waals surface area (Å²) in [4.78, 5) is 18.2. The van der Waals surface area contributed by atoms with Crippen molar-refractivity contribution in [2.75, 3.05) is 13.1 Å². The van der Waals surface area contributed by atoms with Crippen LogP contribution >= 0.6 is 0 Å². The van der Waals surface area contributed by atoms with Gasteiger partial charge in [-0.15, -0.1) is 0 Å². The predicted octanol–water partition coefficient (Wildman–Crippen LogP) is 4.48. The monoisotopic (exact) mass is 310 g/mol. The number of aromatic nitrogens is 1. The second-order valence-corrected chi connectivity index (χ2v) is 7.00. The molecule has 0 bridgehead atoms. The molecule has 0 saturated carbocycles. The highest BCUT2D eigenvalue weighted by Crippen LogP contribution is 2.26. The molecule has 23 heavy (non-hydrogen) atoms. The van der Waals surface area contributed by atoms with Crippen LogP contribution in [-0.4, -0.2) is 28.9 Å². The number of hydrogen-bond donors (Lipinski definition) is 1. The minimum Gasteiger partial charge on any atom is -0.358 e. The highest BCUT2D eigenvalue weighted by Gasteiger charge is 2.23. The molecular formula is C20H26N2O. The van der Waals surface area contributed by atoms with Crippen LogP contribution in [0, 0.1) is 26.7 Å². The molecule has 1 aromatic carbocycles. The third-order valence-corrected chi connectivity index (χ3v) is 5.13. The van der Waals surface area contributed by atoms with Gasteiger partial charge in [0.2, 0.25) is 0 Å². The third kappa shape index (κ3) is 3.19. The largest absolute Gasteiger partial charge is 0.358 e. The van der Waals surface area contributed by atoms with Gasteiger partial charge in [-0.1, -0.05) is 19.1 Å². The summed E-state index contributed by atoms with van der Waals surface area (Å²) in [6.07, 6.45) is 2.22. The smallest absolute Gasteiger partial charge is 0.255 e. The molecule has 0 spiro atoms. The van der Waals surface area contributed by atoms with Crippen LogP contribution in [0.1, 0.15) is 46.9 Å². The normalized spacial score (nSPS) is 15.9. The number of aromatic amines is 1. The SMILES string of the molecule is Cc1ccc(-c2cc(C(=O)N3CCC(C)CC3)c(C)[nH]2)cc1C. The molecule has 0 unspecified atom stereocenters. The van der Waals surface area contributed by atoms with Gasteiger partial charge in [0.05, 0.1) is 5.56 Å². The molecule has 3 nitrogen and oxygen atoms in total. The van der Waals surface area contributed by atoms with Crippen molar-refractivity contribution in [3.8, 4) is 11.3 Å². The average Bonchev–Trinajstić information content (AvgIpc) is 2.92. The standard InChI is InChI=1S/C20H26N2O/c1-13-7-9-22(10-8-13)20(23)18-12-19(21-16(18)4)17-6-5-14(2)15(3)11-17/h5-6,11-13,21H,7-10H2,1-4H3. The summed E-state index contributed by atoms with van der Waals surface area (Å²) in [6.45, 7) is 10.2. The lowest BCUT2D eigenvalue weighted by atomic mass is 9.98. The van der Waals surface area contributed by atoms with Crippen molar-refractivity contribution in [2.45, 2.75) is 40.5 Å². The zero-order chi connectivity index (χ0) is 16.6. The van der Waals surface area contributed by atoms with Gasteiger partial charge in [-0.3, -0.25) is 4.79 Å². The van der Waals surface area contributed by atoms with Gasteiger partial charge in [0, 0.05) is 24.5 Å². The highest BCUT2D eigenvalue weighted by atomic mass is 16.2. The van der Waals surface area contributed by atoms with Crippen molar-refractivity contribution in [3.05, 3.63) is 46.6 Å². The molecule has 122 valence electrons. The van der Waals surface area contributed by atoms with Crippen molar-refractivity contribution in [2.24, 2.45) is 5.92 Å². The van der Waals surface area contributed by atoms with Crippen LogP contribution in [0.4, 0.5) is 0 Å². The number of nitrogens with one attached hydrogen (secondary N) is 1. The molecule has 3 heteroatoms. The van der Waals surface area contributed by atoms with Gasteiger partial charge in [-0.25, -0.2) is 0 Å². The summed E-state index contributed by atoms with van der Waals surface area (Å²) in [5.41, 5.74) is 6.50. The van der Waals surface area contributed by atoms with Crippen molar-refractivity contribution in [1.82, 2.24) is 9.88 Å². The van der Waals surface area contributed by atoms with Crippen LogP contribution in [0.5, 0.6) is 0 Å². The summed E-state index contributed by atoms with van der Waals surface area (Å²) in [6, 6.07) is 8.44. The van der Waals surface area contributed by atoms with Crippen LogP contribution in [0.2, 0.25) is 0 Å². The second-order valence-electron chi connectivity index (χ2n) is 7.00. The Labute approximate surface area is 138 Å². The fraction of sp³-hybridized carbons (Fsp3) is 0.450. The Bertz CT molecular complexity index is 721. The molecule has 2 heterocycles. The van der Waals surface area contributed by atoms with Crippen LogP contribution < -0.4 is 0 Å². The van der Waals surface area contributed by atoms with E-state index < -0.39 is 0 Å². The zero-order valence-electron chi connectivity index (χ0n) is 14.6. The van der Waals surface area contributed by atoms with Gasteiger partial charge in [0.15, 0.2) is 0 Å². The first-order valence-electron chi connectivity index (χ1n) is 8.52. The van der Waals surface area contributed by atoms with E-state index in [2.05, 4.69) is 44.0 Å². The Balaban J connectivity index is 1.85. The maximum absolute atomic E-state index is 12.8. The van der Waals surface area contributed by atoms with Gasteiger partial charge in [-0.05, 0) is 68.4 Å². The number of hydrogen-bond acceptors (Lipinski definition) is 1. The van der Waals surface area contributed by atoms with E-state index >= 15 is 0 Å². The number of benzene rings is 1. The summed E-state index contributed by atoms with van der Waals surface area (Å²) < 4.78 is 0. The molecule has 1 aliphatic rings. The molecule has 1 saturated heterocycles. The van der Waals surface area contributed by atoms with Crippen LogP contribution in [0.25, 0.3) is 11.3 Å². The van der Waals surface area contributed by atoms with Crippen molar-refractivity contribution < 1.29 is 4.79 Å². The molecule has 1 N–H and O–H groups in total. The first kappa shape index (κ1) is 15.9. The molecule has 3 rings (SSSR count). The number of H-pyrrole nitrogens is 1. The van der Waals surface area contributed by atoms with Crippen LogP contribution in [0.3, 0.4) is 0 Å². The van der Waals surface area contributed by atoms with E-state index in [1.807, 2.05) is 17.9 Å².